The average Bonchev–Trinajstić information content (AvgIpc) is 2.96. The van der Waals surface area contributed by atoms with Crippen molar-refractivity contribution in [1.29, 1.82) is 0 Å². The number of aliphatic hydroxyl groups is 1. The highest BCUT2D eigenvalue weighted by atomic mass is 79.9. The van der Waals surface area contributed by atoms with E-state index in [1.807, 2.05) is 60.7 Å². The summed E-state index contributed by atoms with van der Waals surface area (Å²) < 4.78 is 6.82. The van der Waals surface area contributed by atoms with Crippen molar-refractivity contribution in [1.82, 2.24) is 4.90 Å². The van der Waals surface area contributed by atoms with E-state index in [2.05, 4.69) is 26.1 Å². The van der Waals surface area contributed by atoms with Crippen molar-refractivity contribution in [3.05, 3.63) is 99.5 Å². The number of piperidine rings is 1. The molecule has 1 heterocycles. The molecule has 4 rings (SSSR count). The first-order chi connectivity index (χ1) is 19.6. The third-order valence-corrected chi connectivity index (χ3v) is 7.36. The molecule has 11 heteroatoms. The number of ether oxygens (including phenoxy) is 1. The largest absolute Gasteiger partial charge is 0.491 e. The van der Waals surface area contributed by atoms with Crippen molar-refractivity contribution in [2.24, 2.45) is 0 Å². The Labute approximate surface area is 251 Å². The molecule has 9 nitrogen and oxygen atoms in total. The van der Waals surface area contributed by atoms with E-state index in [9.17, 15) is 9.90 Å². The molecular weight excluding hydrogens is 616 g/mol. The van der Waals surface area contributed by atoms with Gasteiger partial charge in [0.2, 0.25) is 5.91 Å². The third kappa shape index (κ3) is 10.0. The molecule has 3 aromatic rings. The fraction of sp³-hybridized carbons (Fsp3) is 0.233. The van der Waals surface area contributed by atoms with E-state index in [-0.39, 0.29) is 5.91 Å². The predicted molar refractivity (Wildman–Crippen MR) is 160 cm³/mol. The van der Waals surface area contributed by atoms with Crippen molar-refractivity contribution in [3.8, 4) is 5.75 Å². The molecule has 216 valence electrons. The Morgan fingerprint density at radius 3 is 2.24 bits per heavy atom. The predicted octanol–water partition coefficient (Wildman–Crippen LogP) is 5.27. The maximum absolute atomic E-state index is 12.3. The number of carbonyl (C=O) groups excluding carboxylic acids is 1. The van der Waals surface area contributed by atoms with Crippen LogP contribution in [0.15, 0.2) is 83.3 Å². The summed E-state index contributed by atoms with van der Waals surface area (Å²) in [6, 6.07) is 22.7. The minimum atomic E-state index is -1.82. The molecule has 0 atom stereocenters. The number of nitrogens with one attached hydrogen (secondary N) is 1. The van der Waals surface area contributed by atoms with Gasteiger partial charge in [-0.3, -0.25) is 9.69 Å². The molecule has 1 aliphatic rings. The highest BCUT2D eigenvalue weighted by Crippen LogP contribution is 2.33. The van der Waals surface area contributed by atoms with Crippen molar-refractivity contribution in [2.45, 2.75) is 18.4 Å². The molecule has 0 radical (unpaired) electrons. The highest BCUT2D eigenvalue weighted by Gasteiger charge is 2.33. The number of amides is 1. The summed E-state index contributed by atoms with van der Waals surface area (Å²) in [4.78, 5) is 32.8. The number of carboxylic acid groups (broad SMARTS) is 2. The van der Waals surface area contributed by atoms with Crippen molar-refractivity contribution in [3.63, 3.8) is 0 Å². The molecule has 4 N–H and O–H groups in total. The molecule has 41 heavy (non-hydrogen) atoms. The first-order valence-electron chi connectivity index (χ1n) is 12.7. The summed E-state index contributed by atoms with van der Waals surface area (Å²) in [5.41, 5.74) is 1.65. The first-order valence-corrected chi connectivity index (χ1v) is 13.9. The van der Waals surface area contributed by atoms with E-state index in [0.717, 1.165) is 35.2 Å². The molecule has 3 aromatic carbocycles. The van der Waals surface area contributed by atoms with Crippen LogP contribution < -0.4 is 10.1 Å². The van der Waals surface area contributed by atoms with E-state index in [4.69, 9.17) is 36.1 Å². The van der Waals surface area contributed by atoms with E-state index in [1.54, 1.807) is 18.2 Å². The van der Waals surface area contributed by atoms with Gasteiger partial charge in [-0.05, 0) is 64.2 Å². The minimum absolute atomic E-state index is 0.252. The maximum atomic E-state index is 12.3. The normalized spacial score (nSPS) is 14.5. The van der Waals surface area contributed by atoms with Gasteiger partial charge in [-0.1, -0.05) is 60.1 Å². The number of likely N-dealkylation sites (tertiary alicyclic amines) is 1. The van der Waals surface area contributed by atoms with Gasteiger partial charge in [-0.2, -0.15) is 0 Å². The molecule has 1 amide bonds. The number of carboxylic acids is 2. The molecule has 1 saturated heterocycles. The SMILES string of the molecule is O=C(/C=C/c1ccccc1Cl)Nc1ccc(Br)c(OCCN2CCC(O)(c3ccccc3)CC2)c1.O=C(O)C(=O)O. The Morgan fingerprint density at radius 2 is 1.61 bits per heavy atom. The zero-order chi connectivity index (χ0) is 29.8. The fourth-order valence-electron chi connectivity index (χ4n) is 4.12. The Morgan fingerprint density at radius 1 is 0.976 bits per heavy atom. The molecule has 0 unspecified atom stereocenters. The minimum Gasteiger partial charge on any atom is -0.491 e. The number of halogens is 2. The van der Waals surface area contributed by atoms with Gasteiger partial charge in [0.25, 0.3) is 0 Å². The van der Waals surface area contributed by atoms with Gasteiger partial charge in [0.15, 0.2) is 0 Å². The molecule has 0 aliphatic carbocycles. The van der Waals surface area contributed by atoms with Crippen LogP contribution in [0.1, 0.15) is 24.0 Å². The number of nitrogens with zero attached hydrogens (tertiary/aromatic N) is 1. The lowest BCUT2D eigenvalue weighted by molar-refractivity contribution is -0.159. The van der Waals surface area contributed by atoms with E-state index in [1.165, 1.54) is 6.08 Å². The summed E-state index contributed by atoms with van der Waals surface area (Å²) >= 11 is 9.65. The quantitative estimate of drug-likeness (QED) is 0.192. The molecule has 0 saturated carbocycles. The van der Waals surface area contributed by atoms with Crippen LogP contribution in [0.5, 0.6) is 5.75 Å². The van der Waals surface area contributed by atoms with Gasteiger partial charge < -0.3 is 25.4 Å². The molecule has 1 fully saturated rings. The Balaban J connectivity index is 0.000000696. The lowest BCUT2D eigenvalue weighted by Gasteiger charge is -2.38. The zero-order valence-corrected chi connectivity index (χ0v) is 24.3. The van der Waals surface area contributed by atoms with Crippen LogP contribution in [-0.2, 0) is 20.0 Å². The Hall–Kier alpha value is -3.70. The number of carbonyl (C=O) groups is 3. The van der Waals surface area contributed by atoms with E-state index >= 15 is 0 Å². The average molecular weight is 646 g/mol. The van der Waals surface area contributed by atoms with Crippen LogP contribution in [0, 0.1) is 0 Å². The van der Waals surface area contributed by atoms with Crippen molar-refractivity contribution >= 4 is 57.1 Å². The number of hydrogen-bond acceptors (Lipinski definition) is 6. The van der Waals surface area contributed by atoms with Gasteiger partial charge in [0.1, 0.15) is 12.4 Å². The third-order valence-electron chi connectivity index (χ3n) is 6.36. The Kier molecular flexibility index (Phi) is 11.9. The monoisotopic (exact) mass is 644 g/mol. The summed E-state index contributed by atoms with van der Waals surface area (Å²) in [6.07, 6.45) is 4.54. The second kappa shape index (κ2) is 15.3. The number of hydrogen-bond donors (Lipinski definition) is 4. The van der Waals surface area contributed by atoms with Gasteiger partial charge in [-0.25, -0.2) is 9.59 Å². The molecule has 0 spiro atoms. The van der Waals surface area contributed by atoms with Gasteiger partial charge in [0.05, 0.1) is 10.1 Å². The highest BCUT2D eigenvalue weighted by molar-refractivity contribution is 9.10. The zero-order valence-electron chi connectivity index (χ0n) is 22.0. The van der Waals surface area contributed by atoms with Crippen LogP contribution in [-0.4, -0.2) is 64.3 Å². The Bertz CT molecular complexity index is 1360. The molecule has 0 aromatic heterocycles. The number of rotatable bonds is 8. The van der Waals surface area contributed by atoms with Gasteiger partial charge >= 0.3 is 11.9 Å². The van der Waals surface area contributed by atoms with Crippen LogP contribution in [0.25, 0.3) is 6.08 Å². The fourth-order valence-corrected chi connectivity index (χ4v) is 4.68. The topological polar surface area (TPSA) is 136 Å². The van der Waals surface area contributed by atoms with Gasteiger partial charge in [0, 0.05) is 42.5 Å². The van der Waals surface area contributed by atoms with Crippen LogP contribution in [0.2, 0.25) is 5.02 Å². The lowest BCUT2D eigenvalue weighted by Crippen LogP contribution is -2.43. The number of benzene rings is 3. The van der Waals surface area contributed by atoms with Crippen LogP contribution >= 0.6 is 27.5 Å². The summed E-state index contributed by atoms with van der Waals surface area (Å²) in [5, 5.41) is 29.2. The number of aliphatic carboxylic acids is 2. The summed E-state index contributed by atoms with van der Waals surface area (Å²) in [5.74, 6) is -3.24. The molecule has 1 aliphatic heterocycles. The molecular formula is C30H30BrClN2O7. The van der Waals surface area contributed by atoms with E-state index in [0.29, 0.717) is 35.9 Å². The van der Waals surface area contributed by atoms with Crippen LogP contribution in [0.3, 0.4) is 0 Å². The van der Waals surface area contributed by atoms with Crippen molar-refractivity contribution in [2.75, 3.05) is 31.6 Å². The smallest absolute Gasteiger partial charge is 0.414 e. The summed E-state index contributed by atoms with van der Waals surface area (Å²) in [6.45, 7) is 2.88. The second-order valence-electron chi connectivity index (χ2n) is 9.19. The molecule has 0 bridgehead atoms. The van der Waals surface area contributed by atoms with E-state index < -0.39 is 17.5 Å². The lowest BCUT2D eigenvalue weighted by atomic mass is 9.84. The standard InChI is InChI=1S/C28H28BrClN2O3.C2H2O4/c29-24-12-11-23(31-27(33)13-10-21-6-4-5-9-25(21)30)20-26(24)35-19-18-32-16-14-28(34,15-17-32)22-7-2-1-3-8-22;3-1(4)2(5)6/h1-13,20,34H,14-19H2,(H,31,33);(H,3,4)(H,5,6)/b13-10+;. The first kappa shape index (κ1) is 31.8. The van der Waals surface area contributed by atoms with Gasteiger partial charge in [-0.15, -0.1) is 0 Å². The summed E-state index contributed by atoms with van der Waals surface area (Å²) in [7, 11) is 0. The number of anilines is 1. The maximum Gasteiger partial charge on any atom is 0.414 e. The van der Waals surface area contributed by atoms with Crippen molar-refractivity contribution < 1.29 is 34.4 Å². The second-order valence-corrected chi connectivity index (χ2v) is 10.4. The van der Waals surface area contributed by atoms with Crippen LogP contribution in [0.4, 0.5) is 5.69 Å².